The van der Waals surface area contributed by atoms with E-state index in [2.05, 4.69) is 38.9 Å². The molecule has 0 bridgehead atoms. The SMILES string of the molecule is CCCSCc1nsc(I)n1. The number of thioether (sulfide) groups is 1. The summed E-state index contributed by atoms with van der Waals surface area (Å²) in [7, 11) is 0. The highest BCUT2D eigenvalue weighted by Gasteiger charge is 1.99. The van der Waals surface area contributed by atoms with Gasteiger partial charge in [0.05, 0.1) is 5.75 Å². The van der Waals surface area contributed by atoms with E-state index in [1.54, 1.807) is 0 Å². The molecule has 0 unspecified atom stereocenters. The summed E-state index contributed by atoms with van der Waals surface area (Å²) in [5.41, 5.74) is 0. The lowest BCUT2D eigenvalue weighted by Crippen LogP contribution is -1.84. The van der Waals surface area contributed by atoms with Gasteiger partial charge in [-0.05, 0) is 46.3 Å². The smallest absolute Gasteiger partial charge is 0.174 e. The summed E-state index contributed by atoms with van der Waals surface area (Å²) >= 11 is 5.57. The maximum absolute atomic E-state index is 4.26. The Hall–Kier alpha value is 0.640. The highest BCUT2D eigenvalue weighted by Crippen LogP contribution is 2.13. The number of hydrogen-bond acceptors (Lipinski definition) is 4. The van der Waals surface area contributed by atoms with Gasteiger partial charge in [0.2, 0.25) is 0 Å². The molecule has 0 amide bonds. The Bertz CT molecular complexity index is 214. The van der Waals surface area contributed by atoms with Crippen LogP contribution in [-0.2, 0) is 5.75 Å². The van der Waals surface area contributed by atoms with Crippen LogP contribution in [0.3, 0.4) is 0 Å². The molecule has 1 aromatic rings. The minimum absolute atomic E-state index is 0.966. The summed E-state index contributed by atoms with van der Waals surface area (Å²) in [6.07, 6.45) is 1.23. The van der Waals surface area contributed by atoms with E-state index in [4.69, 9.17) is 0 Å². The summed E-state index contributed by atoms with van der Waals surface area (Å²) in [6, 6.07) is 0. The molecule has 0 N–H and O–H groups in total. The predicted molar refractivity (Wildman–Crippen MR) is 59.1 cm³/mol. The first kappa shape index (κ1) is 9.73. The fourth-order valence-corrected chi connectivity index (χ4v) is 2.43. The lowest BCUT2D eigenvalue weighted by molar-refractivity contribution is 1.08. The largest absolute Gasteiger partial charge is 0.213 e. The Morgan fingerprint density at radius 1 is 1.64 bits per heavy atom. The monoisotopic (exact) mass is 300 g/mol. The van der Waals surface area contributed by atoms with Gasteiger partial charge in [-0.15, -0.1) is 0 Å². The molecule has 62 valence electrons. The van der Waals surface area contributed by atoms with E-state index < -0.39 is 0 Å². The zero-order valence-corrected chi connectivity index (χ0v) is 10.0. The Kier molecular flexibility index (Phi) is 4.70. The fourth-order valence-electron chi connectivity index (χ4n) is 0.599. The molecule has 0 saturated carbocycles. The van der Waals surface area contributed by atoms with Crippen LogP contribution in [0.15, 0.2) is 0 Å². The van der Waals surface area contributed by atoms with E-state index in [9.17, 15) is 0 Å². The quantitative estimate of drug-likeness (QED) is 0.631. The third-order valence-electron chi connectivity index (χ3n) is 1.02. The van der Waals surface area contributed by atoms with Gasteiger partial charge in [0.1, 0.15) is 0 Å². The molecule has 0 spiro atoms. The molecule has 5 heteroatoms. The van der Waals surface area contributed by atoms with Crippen molar-refractivity contribution in [3.05, 3.63) is 8.84 Å². The molecule has 11 heavy (non-hydrogen) atoms. The second kappa shape index (κ2) is 5.31. The normalized spacial score (nSPS) is 10.4. The number of aromatic nitrogens is 2. The highest BCUT2D eigenvalue weighted by molar-refractivity contribution is 14.1. The molecule has 0 aliphatic carbocycles. The van der Waals surface area contributed by atoms with Crippen molar-refractivity contribution in [3.8, 4) is 0 Å². The minimum atomic E-state index is 0.966. The predicted octanol–water partition coefficient (Wildman–Crippen LogP) is 2.79. The molecule has 0 fully saturated rings. The van der Waals surface area contributed by atoms with Crippen LogP contribution in [0.2, 0.25) is 0 Å². The number of nitrogens with zero attached hydrogens (tertiary/aromatic N) is 2. The number of rotatable bonds is 4. The van der Waals surface area contributed by atoms with Gasteiger partial charge >= 0.3 is 0 Å². The van der Waals surface area contributed by atoms with Gasteiger partial charge in [-0.3, -0.25) is 0 Å². The maximum Gasteiger partial charge on any atom is 0.174 e. The molecule has 2 nitrogen and oxygen atoms in total. The number of hydrogen-bond donors (Lipinski definition) is 0. The third kappa shape index (κ3) is 3.71. The van der Waals surface area contributed by atoms with E-state index in [0.29, 0.717) is 0 Å². The molecule has 1 heterocycles. The lowest BCUT2D eigenvalue weighted by atomic mass is 10.6. The average molecular weight is 300 g/mol. The number of halogens is 1. The van der Waals surface area contributed by atoms with Gasteiger partial charge in [0, 0.05) is 0 Å². The molecule has 1 rings (SSSR count). The Morgan fingerprint density at radius 2 is 2.45 bits per heavy atom. The lowest BCUT2D eigenvalue weighted by Gasteiger charge is -1.92. The Labute approximate surface area is 88.5 Å². The Morgan fingerprint density at radius 3 is 3.00 bits per heavy atom. The first-order valence-corrected chi connectivity index (χ1v) is 6.39. The topological polar surface area (TPSA) is 25.8 Å². The molecular weight excluding hydrogens is 291 g/mol. The molecule has 0 atom stereocenters. The van der Waals surface area contributed by atoms with Crippen LogP contribution in [-0.4, -0.2) is 15.1 Å². The van der Waals surface area contributed by atoms with Gasteiger partial charge in [0.25, 0.3) is 0 Å². The van der Waals surface area contributed by atoms with Crippen molar-refractivity contribution in [1.82, 2.24) is 9.36 Å². The van der Waals surface area contributed by atoms with Crippen molar-refractivity contribution >= 4 is 45.9 Å². The van der Waals surface area contributed by atoms with Crippen molar-refractivity contribution in [2.75, 3.05) is 5.75 Å². The Balaban J connectivity index is 2.27. The zero-order valence-electron chi connectivity index (χ0n) is 6.21. The van der Waals surface area contributed by atoms with Crippen LogP contribution in [0.1, 0.15) is 19.2 Å². The third-order valence-corrected chi connectivity index (χ3v) is 3.56. The van der Waals surface area contributed by atoms with Crippen molar-refractivity contribution in [2.24, 2.45) is 0 Å². The van der Waals surface area contributed by atoms with E-state index in [1.807, 2.05) is 11.8 Å². The van der Waals surface area contributed by atoms with Gasteiger partial charge in [-0.2, -0.15) is 16.1 Å². The van der Waals surface area contributed by atoms with Crippen molar-refractivity contribution in [2.45, 2.75) is 19.1 Å². The summed E-state index contributed by atoms with van der Waals surface area (Å²) in [5.74, 6) is 3.15. The van der Waals surface area contributed by atoms with Crippen LogP contribution in [0, 0.1) is 3.01 Å². The van der Waals surface area contributed by atoms with Crippen LogP contribution >= 0.6 is 45.9 Å². The average Bonchev–Trinajstić information content (AvgIpc) is 2.37. The molecule has 0 radical (unpaired) electrons. The first-order chi connectivity index (χ1) is 5.33. The van der Waals surface area contributed by atoms with Crippen molar-refractivity contribution < 1.29 is 0 Å². The minimum Gasteiger partial charge on any atom is -0.213 e. The molecule has 0 aromatic carbocycles. The maximum atomic E-state index is 4.26. The molecule has 0 saturated heterocycles. The van der Waals surface area contributed by atoms with Gasteiger partial charge < -0.3 is 0 Å². The molecular formula is C6H9IN2S2. The van der Waals surface area contributed by atoms with Crippen LogP contribution in [0.25, 0.3) is 0 Å². The summed E-state index contributed by atoms with van der Waals surface area (Å²) in [6.45, 7) is 2.19. The molecule has 0 aliphatic rings. The van der Waals surface area contributed by atoms with Crippen LogP contribution in [0.4, 0.5) is 0 Å². The summed E-state index contributed by atoms with van der Waals surface area (Å²) in [5, 5.41) is 0. The highest BCUT2D eigenvalue weighted by atomic mass is 127. The van der Waals surface area contributed by atoms with Gasteiger partial charge in [-0.25, -0.2) is 4.98 Å². The van der Waals surface area contributed by atoms with Gasteiger partial charge in [0.15, 0.2) is 8.84 Å². The summed E-state index contributed by atoms with van der Waals surface area (Å²) in [4.78, 5) is 4.26. The van der Waals surface area contributed by atoms with Crippen LogP contribution in [0.5, 0.6) is 0 Å². The van der Waals surface area contributed by atoms with E-state index >= 15 is 0 Å². The second-order valence-corrected chi connectivity index (χ2v) is 5.63. The standard InChI is InChI=1S/C6H9IN2S2/c1-2-3-10-4-5-8-6(7)11-9-5/h2-4H2,1H3. The molecule has 1 aromatic heterocycles. The van der Waals surface area contributed by atoms with Gasteiger partial charge in [-0.1, -0.05) is 6.92 Å². The van der Waals surface area contributed by atoms with E-state index in [-0.39, 0.29) is 0 Å². The second-order valence-electron chi connectivity index (χ2n) is 2.02. The fraction of sp³-hybridized carbons (Fsp3) is 0.667. The van der Waals surface area contributed by atoms with E-state index in [1.165, 1.54) is 23.7 Å². The van der Waals surface area contributed by atoms with Crippen LogP contribution < -0.4 is 0 Å². The van der Waals surface area contributed by atoms with Crippen molar-refractivity contribution in [3.63, 3.8) is 0 Å². The first-order valence-electron chi connectivity index (χ1n) is 3.38. The zero-order chi connectivity index (χ0) is 8.10. The summed E-state index contributed by atoms with van der Waals surface area (Å²) < 4.78 is 5.23. The molecule has 0 aliphatic heterocycles. The van der Waals surface area contributed by atoms with Crippen molar-refractivity contribution in [1.29, 1.82) is 0 Å². The van der Waals surface area contributed by atoms with E-state index in [0.717, 1.165) is 14.6 Å².